The first-order valence-electron chi connectivity index (χ1n) is 8.68. The minimum absolute atomic E-state index is 0.169. The number of aromatic hydroxyl groups is 1. The summed E-state index contributed by atoms with van der Waals surface area (Å²) in [6.45, 7) is 0.410. The number of carbonyl (C=O) groups is 2. The molecule has 1 aromatic heterocycles. The molecule has 0 aliphatic carbocycles. The van der Waals surface area contributed by atoms with Crippen molar-refractivity contribution < 1.29 is 19.4 Å². The van der Waals surface area contributed by atoms with Gasteiger partial charge in [-0.15, -0.1) is 0 Å². The lowest BCUT2D eigenvalue weighted by Gasteiger charge is -2.15. The standard InChI is InChI=1S/C21H18N2O4/c24-16-8-4-7-15(9-16)12-23-13-22-17(10-14-5-2-1-3-6-14)20(23)21-18(25)11-19(26)27-21/h1-9,13,21,24H,10-12H2. The molecule has 6 heteroatoms. The van der Waals surface area contributed by atoms with Crippen LogP contribution in [-0.2, 0) is 27.3 Å². The first-order chi connectivity index (χ1) is 13.1. The van der Waals surface area contributed by atoms with Gasteiger partial charge in [-0.3, -0.25) is 9.59 Å². The van der Waals surface area contributed by atoms with Crippen LogP contribution >= 0.6 is 0 Å². The van der Waals surface area contributed by atoms with E-state index in [0.717, 1.165) is 11.1 Å². The van der Waals surface area contributed by atoms with Crippen molar-refractivity contribution in [3.05, 3.63) is 83.4 Å². The summed E-state index contributed by atoms with van der Waals surface area (Å²) in [6.07, 6.45) is 1.03. The summed E-state index contributed by atoms with van der Waals surface area (Å²) in [6, 6.07) is 16.7. The van der Waals surface area contributed by atoms with Crippen molar-refractivity contribution in [1.82, 2.24) is 9.55 Å². The molecule has 2 heterocycles. The second kappa shape index (κ2) is 7.07. The SMILES string of the molecule is O=C1CC(=O)C(c2c(Cc3ccccc3)ncn2Cc2cccc(O)c2)O1. The molecule has 0 spiro atoms. The Kier molecular flexibility index (Phi) is 4.46. The second-order valence-electron chi connectivity index (χ2n) is 6.55. The molecule has 1 saturated heterocycles. The number of ketones is 1. The van der Waals surface area contributed by atoms with Gasteiger partial charge in [0, 0.05) is 13.0 Å². The lowest BCUT2D eigenvalue weighted by Crippen LogP contribution is -2.15. The second-order valence-corrected chi connectivity index (χ2v) is 6.55. The number of carbonyl (C=O) groups excluding carboxylic acids is 2. The zero-order chi connectivity index (χ0) is 18.8. The first kappa shape index (κ1) is 17.0. The number of rotatable bonds is 5. The quantitative estimate of drug-likeness (QED) is 0.558. The van der Waals surface area contributed by atoms with Gasteiger partial charge in [-0.25, -0.2) is 4.98 Å². The third kappa shape index (κ3) is 3.60. The van der Waals surface area contributed by atoms with Crippen LogP contribution in [0, 0.1) is 0 Å². The third-order valence-corrected chi connectivity index (χ3v) is 4.54. The van der Waals surface area contributed by atoms with Crippen molar-refractivity contribution >= 4 is 11.8 Å². The molecule has 136 valence electrons. The van der Waals surface area contributed by atoms with E-state index in [1.807, 2.05) is 41.0 Å². The highest BCUT2D eigenvalue weighted by Crippen LogP contribution is 2.30. The summed E-state index contributed by atoms with van der Waals surface area (Å²) in [5, 5.41) is 9.70. The summed E-state index contributed by atoms with van der Waals surface area (Å²) < 4.78 is 7.11. The summed E-state index contributed by atoms with van der Waals surface area (Å²) in [7, 11) is 0. The van der Waals surface area contributed by atoms with Gasteiger partial charge in [0.25, 0.3) is 0 Å². The molecule has 3 aromatic rings. The molecule has 1 atom stereocenters. The molecular formula is C21H18N2O4. The molecule has 1 aliphatic rings. The Bertz CT molecular complexity index is 994. The van der Waals surface area contributed by atoms with Crippen LogP contribution in [0.15, 0.2) is 60.9 Å². The van der Waals surface area contributed by atoms with Crippen LogP contribution in [0.4, 0.5) is 0 Å². The van der Waals surface area contributed by atoms with Crippen LogP contribution in [0.1, 0.15) is 35.0 Å². The Hall–Kier alpha value is -3.41. The van der Waals surface area contributed by atoms with Crippen molar-refractivity contribution in [2.75, 3.05) is 0 Å². The number of phenols is 1. The maximum Gasteiger partial charge on any atom is 0.314 e. The summed E-state index contributed by atoms with van der Waals surface area (Å²) in [5.41, 5.74) is 3.21. The fraction of sp³-hybridized carbons (Fsp3) is 0.190. The van der Waals surface area contributed by atoms with Gasteiger partial charge in [-0.2, -0.15) is 0 Å². The zero-order valence-corrected chi connectivity index (χ0v) is 14.5. The van der Waals surface area contributed by atoms with E-state index >= 15 is 0 Å². The molecule has 0 amide bonds. The average Bonchev–Trinajstić information content (AvgIpc) is 3.18. The Morgan fingerprint density at radius 2 is 1.85 bits per heavy atom. The van der Waals surface area contributed by atoms with Gasteiger partial charge < -0.3 is 14.4 Å². The predicted molar refractivity (Wildman–Crippen MR) is 97.1 cm³/mol. The van der Waals surface area contributed by atoms with E-state index in [2.05, 4.69) is 4.98 Å². The lowest BCUT2D eigenvalue weighted by atomic mass is 10.0. The normalized spacial score (nSPS) is 16.5. The average molecular weight is 362 g/mol. The number of phenolic OH excluding ortho intramolecular Hbond substituents is 1. The van der Waals surface area contributed by atoms with Crippen molar-refractivity contribution in [3.8, 4) is 5.75 Å². The zero-order valence-electron chi connectivity index (χ0n) is 14.5. The monoisotopic (exact) mass is 362 g/mol. The Labute approximate surface area is 156 Å². The van der Waals surface area contributed by atoms with Crippen molar-refractivity contribution in [3.63, 3.8) is 0 Å². The van der Waals surface area contributed by atoms with Gasteiger partial charge in [-0.05, 0) is 23.3 Å². The van der Waals surface area contributed by atoms with Crippen LogP contribution < -0.4 is 0 Å². The highest BCUT2D eigenvalue weighted by molar-refractivity contribution is 6.03. The number of cyclic esters (lactones) is 1. The molecule has 6 nitrogen and oxygen atoms in total. The number of nitrogens with zero attached hydrogens (tertiary/aromatic N) is 2. The smallest absolute Gasteiger partial charge is 0.314 e. The van der Waals surface area contributed by atoms with Crippen molar-refractivity contribution in [2.45, 2.75) is 25.5 Å². The van der Waals surface area contributed by atoms with Gasteiger partial charge in [0.05, 0.1) is 17.7 Å². The van der Waals surface area contributed by atoms with Crippen molar-refractivity contribution in [1.29, 1.82) is 0 Å². The number of Topliss-reactive ketones (excluding diaryl/α,β-unsaturated/α-hetero) is 1. The molecule has 4 rings (SSSR count). The summed E-state index contributed by atoms with van der Waals surface area (Å²) in [5.74, 6) is -0.602. The maximum absolute atomic E-state index is 12.3. The Balaban J connectivity index is 1.72. The van der Waals surface area contributed by atoms with E-state index < -0.39 is 12.1 Å². The number of imidazole rings is 1. The molecule has 2 aromatic carbocycles. The van der Waals surface area contributed by atoms with Gasteiger partial charge in [-0.1, -0.05) is 42.5 Å². The van der Waals surface area contributed by atoms with Crippen molar-refractivity contribution in [2.24, 2.45) is 0 Å². The van der Waals surface area contributed by atoms with Crippen LogP contribution in [0.3, 0.4) is 0 Å². The molecule has 1 unspecified atom stereocenters. The highest BCUT2D eigenvalue weighted by atomic mass is 16.6. The van der Waals surface area contributed by atoms with Crippen LogP contribution in [0.5, 0.6) is 5.75 Å². The molecule has 0 saturated carbocycles. The molecular weight excluding hydrogens is 344 g/mol. The lowest BCUT2D eigenvalue weighted by molar-refractivity contribution is -0.142. The minimum Gasteiger partial charge on any atom is -0.508 e. The van der Waals surface area contributed by atoms with E-state index in [1.54, 1.807) is 24.5 Å². The molecule has 27 heavy (non-hydrogen) atoms. The highest BCUT2D eigenvalue weighted by Gasteiger charge is 2.38. The van der Waals surface area contributed by atoms with Crippen LogP contribution in [0.2, 0.25) is 0 Å². The summed E-state index contributed by atoms with van der Waals surface area (Å²) >= 11 is 0. The fourth-order valence-corrected chi connectivity index (χ4v) is 3.32. The van der Waals surface area contributed by atoms with Gasteiger partial charge >= 0.3 is 5.97 Å². The number of esters is 1. The van der Waals surface area contributed by atoms with Gasteiger partial charge in [0.15, 0.2) is 5.78 Å². The topological polar surface area (TPSA) is 81.4 Å². The third-order valence-electron chi connectivity index (χ3n) is 4.54. The molecule has 0 radical (unpaired) electrons. The van der Waals surface area contributed by atoms with Crippen LogP contribution in [0.25, 0.3) is 0 Å². The number of hydrogen-bond donors (Lipinski definition) is 1. The molecule has 0 bridgehead atoms. The first-order valence-corrected chi connectivity index (χ1v) is 8.68. The molecule has 1 fully saturated rings. The predicted octanol–water partition coefficient (Wildman–Crippen LogP) is 2.78. The van der Waals surface area contributed by atoms with E-state index in [4.69, 9.17) is 4.74 Å². The molecule has 1 N–H and O–H groups in total. The number of aromatic nitrogens is 2. The number of ether oxygens (including phenoxy) is 1. The Morgan fingerprint density at radius 1 is 1.07 bits per heavy atom. The van der Waals surface area contributed by atoms with E-state index in [9.17, 15) is 14.7 Å². The minimum atomic E-state index is -0.934. The van der Waals surface area contributed by atoms with Gasteiger partial charge in [0.1, 0.15) is 12.2 Å². The number of hydrogen-bond acceptors (Lipinski definition) is 5. The van der Waals surface area contributed by atoms with E-state index in [1.165, 1.54) is 0 Å². The van der Waals surface area contributed by atoms with E-state index in [0.29, 0.717) is 24.4 Å². The van der Waals surface area contributed by atoms with Gasteiger partial charge in [0.2, 0.25) is 6.10 Å². The maximum atomic E-state index is 12.3. The van der Waals surface area contributed by atoms with E-state index in [-0.39, 0.29) is 18.0 Å². The number of benzene rings is 2. The summed E-state index contributed by atoms with van der Waals surface area (Å²) in [4.78, 5) is 28.4. The largest absolute Gasteiger partial charge is 0.508 e. The Morgan fingerprint density at radius 3 is 2.56 bits per heavy atom. The molecule has 1 aliphatic heterocycles. The fourth-order valence-electron chi connectivity index (χ4n) is 3.32. The van der Waals surface area contributed by atoms with Crippen LogP contribution in [-0.4, -0.2) is 26.4 Å².